The lowest BCUT2D eigenvalue weighted by Gasteiger charge is -2.38. The number of carbonyl (C=O) groups excluding carboxylic acids is 2. The summed E-state index contributed by atoms with van der Waals surface area (Å²) >= 11 is 5.97. The number of amides is 2. The van der Waals surface area contributed by atoms with Crippen LogP contribution in [0.3, 0.4) is 0 Å². The lowest BCUT2D eigenvalue weighted by Crippen LogP contribution is -2.60. The maximum atomic E-state index is 12.6. The Labute approximate surface area is 165 Å². The van der Waals surface area contributed by atoms with E-state index in [1.54, 1.807) is 6.07 Å². The van der Waals surface area contributed by atoms with Crippen LogP contribution in [0.15, 0.2) is 24.3 Å². The van der Waals surface area contributed by atoms with E-state index in [0.717, 1.165) is 5.56 Å². The number of piperazine rings is 1. The van der Waals surface area contributed by atoms with Gasteiger partial charge in [-0.3, -0.25) is 9.59 Å². The number of morpholine rings is 1. The van der Waals surface area contributed by atoms with Crippen LogP contribution >= 0.6 is 24.0 Å². The predicted octanol–water partition coefficient (Wildman–Crippen LogP) is 1.35. The Morgan fingerprint density at radius 2 is 1.92 bits per heavy atom. The van der Waals surface area contributed by atoms with Gasteiger partial charge in [-0.15, -0.1) is 12.4 Å². The molecule has 2 atom stereocenters. The Morgan fingerprint density at radius 1 is 1.23 bits per heavy atom. The first kappa shape index (κ1) is 21.0. The Morgan fingerprint density at radius 3 is 2.58 bits per heavy atom. The SMILES string of the molecule is C[C@H]1OCCN[C@@H]1C(=O)N1CCN(C(=O)Cc2cccc(Cl)c2)CC1.Cl. The summed E-state index contributed by atoms with van der Waals surface area (Å²) < 4.78 is 5.55. The van der Waals surface area contributed by atoms with E-state index in [9.17, 15) is 9.59 Å². The van der Waals surface area contributed by atoms with Crippen molar-refractivity contribution in [3.63, 3.8) is 0 Å². The summed E-state index contributed by atoms with van der Waals surface area (Å²) in [4.78, 5) is 28.7. The summed E-state index contributed by atoms with van der Waals surface area (Å²) in [5, 5.41) is 3.86. The van der Waals surface area contributed by atoms with Gasteiger partial charge in [0.25, 0.3) is 0 Å². The zero-order valence-electron chi connectivity index (χ0n) is 14.8. The molecule has 6 nitrogen and oxygen atoms in total. The molecule has 8 heteroatoms. The molecule has 1 N–H and O–H groups in total. The van der Waals surface area contributed by atoms with Crippen molar-refractivity contribution in [2.24, 2.45) is 0 Å². The van der Waals surface area contributed by atoms with Crippen LogP contribution < -0.4 is 5.32 Å². The van der Waals surface area contributed by atoms with Crippen LogP contribution in [-0.4, -0.2) is 73.1 Å². The average Bonchev–Trinajstić information content (AvgIpc) is 2.62. The molecular weight excluding hydrogens is 377 g/mol. The zero-order chi connectivity index (χ0) is 17.8. The predicted molar refractivity (Wildman–Crippen MR) is 103 cm³/mol. The fraction of sp³-hybridized carbons (Fsp3) is 0.556. The van der Waals surface area contributed by atoms with Gasteiger partial charge in [-0.25, -0.2) is 0 Å². The molecule has 2 heterocycles. The van der Waals surface area contributed by atoms with Crippen molar-refractivity contribution in [2.75, 3.05) is 39.3 Å². The van der Waals surface area contributed by atoms with Gasteiger partial charge in [-0.2, -0.15) is 0 Å². The van der Waals surface area contributed by atoms with Gasteiger partial charge < -0.3 is 19.9 Å². The van der Waals surface area contributed by atoms with Crippen LogP contribution in [0.1, 0.15) is 12.5 Å². The first-order valence-electron chi connectivity index (χ1n) is 8.70. The molecule has 2 aliphatic heterocycles. The van der Waals surface area contributed by atoms with Gasteiger partial charge in [-0.05, 0) is 24.6 Å². The smallest absolute Gasteiger partial charge is 0.242 e. The third-order valence-electron chi connectivity index (χ3n) is 4.77. The van der Waals surface area contributed by atoms with Crippen LogP contribution in [0.2, 0.25) is 5.02 Å². The van der Waals surface area contributed by atoms with Gasteiger partial charge in [0.05, 0.1) is 19.1 Å². The highest BCUT2D eigenvalue weighted by atomic mass is 35.5. The van der Waals surface area contributed by atoms with Crippen molar-refractivity contribution in [3.05, 3.63) is 34.9 Å². The van der Waals surface area contributed by atoms with Crippen molar-refractivity contribution in [3.8, 4) is 0 Å². The molecule has 0 unspecified atom stereocenters. The number of hydrogen-bond acceptors (Lipinski definition) is 4. The zero-order valence-corrected chi connectivity index (χ0v) is 16.4. The quantitative estimate of drug-likeness (QED) is 0.830. The molecule has 2 aliphatic rings. The second-order valence-corrected chi connectivity index (χ2v) is 6.96. The molecule has 2 fully saturated rings. The van der Waals surface area contributed by atoms with Crippen LogP contribution in [0.5, 0.6) is 0 Å². The minimum Gasteiger partial charge on any atom is -0.375 e. The van der Waals surface area contributed by atoms with E-state index < -0.39 is 0 Å². The Balaban J connectivity index is 0.00000243. The number of nitrogens with one attached hydrogen (secondary N) is 1. The Bertz CT molecular complexity index is 636. The number of hydrogen-bond donors (Lipinski definition) is 1. The molecule has 0 aromatic heterocycles. The summed E-state index contributed by atoms with van der Waals surface area (Å²) in [5.41, 5.74) is 0.911. The van der Waals surface area contributed by atoms with Crippen LogP contribution in [-0.2, 0) is 20.7 Å². The molecule has 0 spiro atoms. The highest BCUT2D eigenvalue weighted by molar-refractivity contribution is 6.30. The third kappa shape index (κ3) is 5.10. The Kier molecular flexibility index (Phi) is 7.70. The average molecular weight is 402 g/mol. The maximum absolute atomic E-state index is 12.6. The van der Waals surface area contributed by atoms with Gasteiger partial charge in [0.1, 0.15) is 6.04 Å². The van der Waals surface area contributed by atoms with E-state index in [4.69, 9.17) is 16.3 Å². The van der Waals surface area contributed by atoms with Gasteiger partial charge in [0.2, 0.25) is 11.8 Å². The fourth-order valence-corrected chi connectivity index (χ4v) is 3.53. The number of nitrogens with zero attached hydrogens (tertiary/aromatic N) is 2. The largest absolute Gasteiger partial charge is 0.375 e. The van der Waals surface area contributed by atoms with Crippen LogP contribution in [0.25, 0.3) is 0 Å². The summed E-state index contributed by atoms with van der Waals surface area (Å²) in [6.07, 6.45) is 0.215. The number of carbonyl (C=O) groups is 2. The third-order valence-corrected chi connectivity index (χ3v) is 5.01. The van der Waals surface area contributed by atoms with Crippen molar-refractivity contribution in [1.29, 1.82) is 0 Å². The second kappa shape index (κ2) is 9.55. The minimum atomic E-state index is -0.289. The first-order chi connectivity index (χ1) is 12.0. The molecule has 3 rings (SSSR count). The first-order valence-corrected chi connectivity index (χ1v) is 9.08. The highest BCUT2D eigenvalue weighted by Gasteiger charge is 2.33. The van der Waals surface area contributed by atoms with E-state index in [0.29, 0.717) is 50.8 Å². The number of halogens is 2. The number of benzene rings is 1. The molecular formula is C18H25Cl2N3O3. The molecule has 2 amide bonds. The maximum Gasteiger partial charge on any atom is 0.242 e. The summed E-state index contributed by atoms with van der Waals surface area (Å²) in [7, 11) is 0. The molecule has 2 saturated heterocycles. The molecule has 0 aliphatic carbocycles. The van der Waals surface area contributed by atoms with Gasteiger partial charge >= 0.3 is 0 Å². The monoisotopic (exact) mass is 401 g/mol. The molecule has 0 saturated carbocycles. The highest BCUT2D eigenvalue weighted by Crippen LogP contribution is 2.14. The lowest BCUT2D eigenvalue weighted by atomic mass is 10.1. The van der Waals surface area contributed by atoms with Crippen molar-refractivity contribution in [2.45, 2.75) is 25.5 Å². The summed E-state index contributed by atoms with van der Waals surface area (Å²) in [6.45, 7) is 5.49. The topological polar surface area (TPSA) is 61.9 Å². The fourth-order valence-electron chi connectivity index (χ4n) is 3.32. The molecule has 0 radical (unpaired) electrons. The second-order valence-electron chi connectivity index (χ2n) is 6.52. The van der Waals surface area contributed by atoms with Gasteiger partial charge in [0.15, 0.2) is 0 Å². The van der Waals surface area contributed by atoms with Crippen molar-refractivity contribution < 1.29 is 14.3 Å². The van der Waals surface area contributed by atoms with E-state index in [1.807, 2.05) is 34.9 Å². The van der Waals surface area contributed by atoms with E-state index in [-0.39, 0.29) is 36.4 Å². The summed E-state index contributed by atoms with van der Waals surface area (Å²) in [5.74, 6) is 0.135. The standard InChI is InChI=1S/C18H24ClN3O3.ClH/c1-13-17(20-5-10-25-13)18(24)22-8-6-21(7-9-22)16(23)12-14-3-2-4-15(19)11-14;/h2-4,11,13,17,20H,5-10,12H2,1H3;1H/t13-,17+;/m1./s1. The number of ether oxygens (including phenoxy) is 1. The van der Waals surface area contributed by atoms with Gasteiger partial charge in [0, 0.05) is 37.7 Å². The van der Waals surface area contributed by atoms with Gasteiger partial charge in [-0.1, -0.05) is 23.7 Å². The lowest BCUT2D eigenvalue weighted by molar-refractivity contribution is -0.144. The van der Waals surface area contributed by atoms with Crippen molar-refractivity contribution in [1.82, 2.24) is 15.1 Å². The van der Waals surface area contributed by atoms with E-state index in [2.05, 4.69) is 5.32 Å². The van der Waals surface area contributed by atoms with Crippen molar-refractivity contribution >= 4 is 35.8 Å². The molecule has 1 aromatic rings. The summed E-state index contributed by atoms with van der Waals surface area (Å²) in [6, 6.07) is 7.07. The van der Waals surface area contributed by atoms with Crippen LogP contribution in [0, 0.1) is 0 Å². The minimum absolute atomic E-state index is 0. The normalized spacial score (nSPS) is 23.3. The molecule has 1 aromatic carbocycles. The van der Waals surface area contributed by atoms with E-state index in [1.165, 1.54) is 0 Å². The number of rotatable bonds is 3. The molecule has 26 heavy (non-hydrogen) atoms. The van der Waals surface area contributed by atoms with Crippen LogP contribution in [0.4, 0.5) is 0 Å². The molecule has 0 bridgehead atoms. The molecule has 144 valence electrons. The Hall–Kier alpha value is -1.34. The van der Waals surface area contributed by atoms with E-state index >= 15 is 0 Å².